The normalized spacial score (nSPS) is 12.2. The largest absolute Gasteiger partial charge is 0.342 e. The number of hydrogen-bond acceptors (Lipinski definition) is 3. The highest BCUT2D eigenvalue weighted by molar-refractivity contribution is 5.93. The first-order valence-corrected chi connectivity index (χ1v) is 7.33. The number of rotatable bonds is 5. The zero-order valence-electron chi connectivity index (χ0n) is 13.1. The molecular formula is C16H22N4O. The summed E-state index contributed by atoms with van der Waals surface area (Å²) in [4.78, 5) is 16.9. The number of hydrogen-bond donors (Lipinski definition) is 1. The summed E-state index contributed by atoms with van der Waals surface area (Å²) in [6.07, 6.45) is 2.56. The molecule has 5 nitrogen and oxygen atoms in total. The number of nitrogens with zero attached hydrogens (tertiary/aromatic N) is 3. The number of aromatic nitrogens is 3. The van der Waals surface area contributed by atoms with Crippen LogP contribution in [0.4, 0.5) is 0 Å². The van der Waals surface area contributed by atoms with Gasteiger partial charge < -0.3 is 5.32 Å². The molecule has 0 saturated heterocycles. The second-order valence-electron chi connectivity index (χ2n) is 5.13. The first-order valence-electron chi connectivity index (χ1n) is 7.33. The van der Waals surface area contributed by atoms with E-state index in [1.807, 2.05) is 45.9 Å². The lowest BCUT2D eigenvalue weighted by Gasteiger charge is -2.18. The van der Waals surface area contributed by atoms with E-state index in [9.17, 15) is 4.79 Å². The Morgan fingerprint density at radius 3 is 2.76 bits per heavy atom. The lowest BCUT2D eigenvalue weighted by molar-refractivity contribution is 0.0923. The molecule has 5 heteroatoms. The van der Waals surface area contributed by atoms with Crippen molar-refractivity contribution >= 4 is 5.91 Å². The van der Waals surface area contributed by atoms with Crippen molar-refractivity contribution in [1.29, 1.82) is 0 Å². The van der Waals surface area contributed by atoms with E-state index in [1.54, 1.807) is 10.9 Å². The summed E-state index contributed by atoms with van der Waals surface area (Å²) in [7, 11) is 0. The molecule has 0 aliphatic heterocycles. The van der Waals surface area contributed by atoms with Gasteiger partial charge in [-0.05, 0) is 44.9 Å². The standard InChI is InChI=1S/C16H22N4O/c1-5-13(15-11(3)8-7-9-17-15)18-16(21)14-10-12(4)19-20(14)6-2/h7-10,13H,5-6H2,1-4H3,(H,18,21)/t13-/m1/s1. The average Bonchev–Trinajstić information content (AvgIpc) is 2.86. The molecule has 0 aliphatic carbocycles. The van der Waals surface area contributed by atoms with Crippen LogP contribution in [0.2, 0.25) is 0 Å². The van der Waals surface area contributed by atoms with Gasteiger partial charge in [0.2, 0.25) is 0 Å². The van der Waals surface area contributed by atoms with Crippen LogP contribution in [0.25, 0.3) is 0 Å². The molecule has 1 amide bonds. The molecule has 0 bridgehead atoms. The van der Waals surface area contributed by atoms with Crippen molar-refractivity contribution in [2.24, 2.45) is 0 Å². The highest BCUT2D eigenvalue weighted by atomic mass is 16.2. The quantitative estimate of drug-likeness (QED) is 0.919. The Morgan fingerprint density at radius 2 is 2.14 bits per heavy atom. The van der Waals surface area contributed by atoms with Crippen LogP contribution in [0.5, 0.6) is 0 Å². The lowest BCUT2D eigenvalue weighted by atomic mass is 10.1. The summed E-state index contributed by atoms with van der Waals surface area (Å²) < 4.78 is 1.72. The fraction of sp³-hybridized carbons (Fsp3) is 0.438. The van der Waals surface area contributed by atoms with Crippen molar-refractivity contribution in [2.75, 3.05) is 0 Å². The van der Waals surface area contributed by atoms with Crippen LogP contribution in [0, 0.1) is 13.8 Å². The van der Waals surface area contributed by atoms with E-state index in [-0.39, 0.29) is 11.9 Å². The Balaban J connectivity index is 2.22. The van der Waals surface area contributed by atoms with Gasteiger partial charge in [-0.1, -0.05) is 13.0 Å². The molecule has 2 heterocycles. The second-order valence-corrected chi connectivity index (χ2v) is 5.13. The molecule has 2 rings (SSSR count). The summed E-state index contributed by atoms with van der Waals surface area (Å²) in [5.74, 6) is -0.102. The van der Waals surface area contributed by atoms with Gasteiger partial charge in [0.15, 0.2) is 0 Å². The van der Waals surface area contributed by atoms with Gasteiger partial charge in [-0.15, -0.1) is 0 Å². The third-order valence-electron chi connectivity index (χ3n) is 3.53. The van der Waals surface area contributed by atoms with Crippen molar-refractivity contribution < 1.29 is 4.79 Å². The molecule has 1 N–H and O–H groups in total. The SMILES string of the molecule is CC[C@@H](NC(=O)c1cc(C)nn1CC)c1ncccc1C. The van der Waals surface area contributed by atoms with Crippen molar-refractivity contribution in [1.82, 2.24) is 20.1 Å². The van der Waals surface area contributed by atoms with Crippen LogP contribution in [0.3, 0.4) is 0 Å². The van der Waals surface area contributed by atoms with Gasteiger partial charge in [0.1, 0.15) is 5.69 Å². The summed E-state index contributed by atoms with van der Waals surface area (Å²) in [5, 5.41) is 7.38. The molecule has 2 aromatic heterocycles. The molecule has 0 radical (unpaired) electrons. The van der Waals surface area contributed by atoms with Gasteiger partial charge in [-0.2, -0.15) is 5.10 Å². The maximum Gasteiger partial charge on any atom is 0.270 e. The van der Waals surface area contributed by atoms with Crippen molar-refractivity contribution in [2.45, 2.75) is 46.7 Å². The summed E-state index contributed by atoms with van der Waals surface area (Å²) >= 11 is 0. The fourth-order valence-electron chi connectivity index (χ4n) is 2.43. The summed E-state index contributed by atoms with van der Waals surface area (Å²) in [6, 6.07) is 5.65. The van der Waals surface area contributed by atoms with E-state index >= 15 is 0 Å². The Morgan fingerprint density at radius 1 is 1.38 bits per heavy atom. The summed E-state index contributed by atoms with van der Waals surface area (Å²) in [5.41, 5.74) is 3.46. The first-order chi connectivity index (χ1) is 10.1. The molecule has 112 valence electrons. The van der Waals surface area contributed by atoms with Gasteiger partial charge in [-0.3, -0.25) is 14.5 Å². The van der Waals surface area contributed by atoms with Crippen LogP contribution >= 0.6 is 0 Å². The van der Waals surface area contributed by atoms with Crippen LogP contribution in [-0.4, -0.2) is 20.7 Å². The average molecular weight is 286 g/mol. The third kappa shape index (κ3) is 3.29. The van der Waals surface area contributed by atoms with Crippen LogP contribution in [0.15, 0.2) is 24.4 Å². The van der Waals surface area contributed by atoms with Crippen molar-refractivity contribution in [3.8, 4) is 0 Å². The van der Waals surface area contributed by atoms with Crippen LogP contribution in [-0.2, 0) is 6.54 Å². The molecule has 0 spiro atoms. The maximum atomic E-state index is 12.5. The number of carbonyl (C=O) groups excluding carboxylic acids is 1. The molecule has 1 atom stereocenters. The number of aryl methyl sites for hydroxylation is 3. The molecule has 2 aromatic rings. The minimum absolute atomic E-state index is 0.0841. The van der Waals surface area contributed by atoms with Gasteiger partial charge in [0.25, 0.3) is 5.91 Å². The minimum Gasteiger partial charge on any atom is -0.342 e. The number of nitrogens with one attached hydrogen (secondary N) is 1. The Kier molecular flexibility index (Phi) is 4.73. The molecule has 0 saturated carbocycles. The molecule has 0 aliphatic rings. The van der Waals surface area contributed by atoms with Crippen LogP contribution in [0.1, 0.15) is 53.7 Å². The Hall–Kier alpha value is -2.17. The second kappa shape index (κ2) is 6.52. The van der Waals surface area contributed by atoms with E-state index in [1.165, 1.54) is 0 Å². The number of amides is 1. The Labute approximate surface area is 125 Å². The molecule has 0 fully saturated rings. The van der Waals surface area contributed by atoms with Crippen molar-refractivity contribution in [3.05, 3.63) is 47.0 Å². The molecule has 0 aromatic carbocycles. The fourth-order valence-corrected chi connectivity index (χ4v) is 2.43. The predicted octanol–water partition coefficient (Wildman–Crippen LogP) is 2.80. The van der Waals surface area contributed by atoms with E-state index in [0.29, 0.717) is 12.2 Å². The first kappa shape index (κ1) is 15.2. The van der Waals surface area contributed by atoms with Crippen LogP contribution < -0.4 is 5.32 Å². The summed E-state index contributed by atoms with van der Waals surface area (Å²) in [6.45, 7) is 8.60. The zero-order valence-corrected chi connectivity index (χ0v) is 13.1. The Bertz CT molecular complexity index is 633. The van der Waals surface area contributed by atoms with Gasteiger partial charge in [0, 0.05) is 12.7 Å². The van der Waals surface area contributed by atoms with Gasteiger partial charge >= 0.3 is 0 Å². The van der Waals surface area contributed by atoms with E-state index < -0.39 is 0 Å². The molecular weight excluding hydrogens is 264 g/mol. The minimum atomic E-state index is -0.102. The van der Waals surface area contributed by atoms with Gasteiger partial charge in [-0.25, -0.2) is 0 Å². The smallest absolute Gasteiger partial charge is 0.270 e. The number of carbonyl (C=O) groups is 1. The third-order valence-corrected chi connectivity index (χ3v) is 3.53. The van der Waals surface area contributed by atoms with E-state index in [2.05, 4.69) is 15.4 Å². The topological polar surface area (TPSA) is 59.8 Å². The molecule has 0 unspecified atom stereocenters. The molecule has 21 heavy (non-hydrogen) atoms. The number of pyridine rings is 1. The van der Waals surface area contributed by atoms with Gasteiger partial charge in [0.05, 0.1) is 17.4 Å². The monoisotopic (exact) mass is 286 g/mol. The highest BCUT2D eigenvalue weighted by Crippen LogP contribution is 2.18. The van der Waals surface area contributed by atoms with Crippen molar-refractivity contribution in [3.63, 3.8) is 0 Å². The lowest BCUT2D eigenvalue weighted by Crippen LogP contribution is -2.31. The zero-order chi connectivity index (χ0) is 15.4. The van der Waals surface area contributed by atoms with E-state index in [0.717, 1.165) is 23.4 Å². The maximum absolute atomic E-state index is 12.5. The predicted molar refractivity (Wildman–Crippen MR) is 82.1 cm³/mol. The highest BCUT2D eigenvalue weighted by Gasteiger charge is 2.19. The van der Waals surface area contributed by atoms with E-state index in [4.69, 9.17) is 0 Å².